The largest absolute Gasteiger partial charge is 0.399 e. The zero-order chi connectivity index (χ0) is 13.3. The summed E-state index contributed by atoms with van der Waals surface area (Å²) in [6.07, 6.45) is 1.72. The number of aryl methyl sites for hydroxylation is 1. The maximum absolute atomic E-state index is 11.8. The van der Waals surface area contributed by atoms with Gasteiger partial charge in [-0.1, -0.05) is 0 Å². The minimum Gasteiger partial charge on any atom is -0.399 e. The second-order valence-electron chi connectivity index (χ2n) is 4.60. The number of benzene rings is 1. The predicted octanol–water partition coefficient (Wildman–Crippen LogP) is 1.44. The fourth-order valence-electron chi connectivity index (χ4n) is 1.72. The van der Waals surface area contributed by atoms with E-state index in [0.29, 0.717) is 12.2 Å². The number of hydrogen-bond donors (Lipinski definition) is 1. The molecule has 2 aromatic rings. The molecule has 0 amide bonds. The molecule has 18 heavy (non-hydrogen) atoms. The van der Waals surface area contributed by atoms with Crippen molar-refractivity contribution >= 4 is 26.4 Å². The van der Waals surface area contributed by atoms with E-state index >= 15 is 0 Å². The van der Waals surface area contributed by atoms with Crippen LogP contribution in [-0.4, -0.2) is 29.2 Å². The van der Waals surface area contributed by atoms with Crippen molar-refractivity contribution in [1.82, 2.24) is 9.78 Å². The summed E-state index contributed by atoms with van der Waals surface area (Å²) in [7, 11) is -3.05. The third-order valence-electron chi connectivity index (χ3n) is 2.97. The number of aromatic nitrogens is 2. The van der Waals surface area contributed by atoms with Crippen molar-refractivity contribution in [1.29, 1.82) is 0 Å². The molecule has 98 valence electrons. The van der Waals surface area contributed by atoms with E-state index in [-0.39, 0.29) is 11.0 Å². The van der Waals surface area contributed by atoms with Crippen molar-refractivity contribution in [2.45, 2.75) is 25.6 Å². The van der Waals surface area contributed by atoms with Crippen LogP contribution < -0.4 is 5.73 Å². The lowest BCUT2D eigenvalue weighted by molar-refractivity contribution is 0.575. The fourth-order valence-corrected chi connectivity index (χ4v) is 2.61. The first kappa shape index (κ1) is 12.9. The van der Waals surface area contributed by atoms with Gasteiger partial charge in [0, 0.05) is 11.1 Å². The van der Waals surface area contributed by atoms with E-state index in [2.05, 4.69) is 5.10 Å². The van der Waals surface area contributed by atoms with Gasteiger partial charge in [0.15, 0.2) is 9.84 Å². The summed E-state index contributed by atoms with van der Waals surface area (Å²) in [5.74, 6) is 0.0935. The first-order valence-electron chi connectivity index (χ1n) is 5.83. The molecule has 2 rings (SSSR count). The molecule has 0 aliphatic heterocycles. The molecule has 0 saturated carbocycles. The molecular formula is C12H17N3O2S. The normalized spacial score (nSPS) is 12.4. The highest BCUT2D eigenvalue weighted by Crippen LogP contribution is 2.17. The monoisotopic (exact) mass is 267 g/mol. The minimum atomic E-state index is -3.05. The maximum atomic E-state index is 11.8. The van der Waals surface area contributed by atoms with Crippen molar-refractivity contribution in [2.75, 3.05) is 11.5 Å². The minimum absolute atomic E-state index is 0.0935. The van der Waals surface area contributed by atoms with Crippen LogP contribution in [0.2, 0.25) is 0 Å². The van der Waals surface area contributed by atoms with Gasteiger partial charge in [-0.25, -0.2) is 8.42 Å². The van der Waals surface area contributed by atoms with Gasteiger partial charge in [-0.3, -0.25) is 4.68 Å². The summed E-state index contributed by atoms with van der Waals surface area (Å²) < 4.78 is 25.2. The summed E-state index contributed by atoms with van der Waals surface area (Å²) in [5, 5.41) is 4.80. The van der Waals surface area contributed by atoms with Crippen LogP contribution in [0.1, 0.15) is 13.8 Å². The van der Waals surface area contributed by atoms with Gasteiger partial charge in [-0.15, -0.1) is 0 Å². The Morgan fingerprint density at radius 1 is 1.39 bits per heavy atom. The van der Waals surface area contributed by atoms with Gasteiger partial charge in [-0.2, -0.15) is 5.10 Å². The van der Waals surface area contributed by atoms with Crippen molar-refractivity contribution in [3.8, 4) is 0 Å². The van der Waals surface area contributed by atoms with E-state index in [4.69, 9.17) is 5.73 Å². The molecule has 1 heterocycles. The average molecular weight is 267 g/mol. The highest BCUT2D eigenvalue weighted by Gasteiger charge is 2.16. The highest BCUT2D eigenvalue weighted by molar-refractivity contribution is 7.91. The molecule has 6 heteroatoms. The topological polar surface area (TPSA) is 78.0 Å². The lowest BCUT2D eigenvalue weighted by atomic mass is 10.2. The van der Waals surface area contributed by atoms with Crippen LogP contribution in [-0.2, 0) is 16.4 Å². The number of nitrogens with zero attached hydrogens (tertiary/aromatic N) is 2. The van der Waals surface area contributed by atoms with Crippen LogP contribution in [0.25, 0.3) is 10.9 Å². The zero-order valence-corrected chi connectivity index (χ0v) is 11.3. The van der Waals surface area contributed by atoms with E-state index in [1.54, 1.807) is 30.8 Å². The molecular weight excluding hydrogens is 250 g/mol. The van der Waals surface area contributed by atoms with E-state index in [1.165, 1.54) is 0 Å². The van der Waals surface area contributed by atoms with E-state index in [9.17, 15) is 8.42 Å². The molecule has 0 atom stereocenters. The smallest absolute Gasteiger partial charge is 0.154 e. The van der Waals surface area contributed by atoms with Crippen LogP contribution in [0.3, 0.4) is 0 Å². The number of nitrogen functional groups attached to an aromatic ring is 1. The predicted molar refractivity (Wildman–Crippen MR) is 73.1 cm³/mol. The lowest BCUT2D eigenvalue weighted by Crippen LogP contribution is -2.21. The molecule has 1 aromatic carbocycles. The van der Waals surface area contributed by atoms with Crippen LogP contribution in [0.15, 0.2) is 24.4 Å². The van der Waals surface area contributed by atoms with Crippen molar-refractivity contribution in [3.05, 3.63) is 24.4 Å². The average Bonchev–Trinajstić information content (AvgIpc) is 2.68. The maximum Gasteiger partial charge on any atom is 0.154 e. The highest BCUT2D eigenvalue weighted by atomic mass is 32.2. The molecule has 0 fully saturated rings. The Bertz CT molecular complexity index is 659. The molecule has 1 aromatic heterocycles. The Labute approximate surface area is 107 Å². The number of sulfone groups is 1. The molecule has 0 radical (unpaired) electrons. The number of rotatable bonds is 4. The first-order valence-corrected chi connectivity index (χ1v) is 7.54. The molecule has 0 aliphatic carbocycles. The molecule has 5 nitrogen and oxygen atoms in total. The molecule has 0 bridgehead atoms. The van der Waals surface area contributed by atoms with Crippen molar-refractivity contribution in [2.24, 2.45) is 0 Å². The fraction of sp³-hybridized carbons (Fsp3) is 0.417. The Hall–Kier alpha value is -1.56. The quantitative estimate of drug-likeness (QED) is 0.850. The van der Waals surface area contributed by atoms with Gasteiger partial charge in [0.1, 0.15) is 0 Å². The molecule has 0 unspecified atom stereocenters. The summed E-state index contributed by atoms with van der Waals surface area (Å²) in [4.78, 5) is 0. The van der Waals surface area contributed by atoms with Gasteiger partial charge in [0.2, 0.25) is 0 Å². The third-order valence-corrected chi connectivity index (χ3v) is 5.16. The molecule has 0 spiro atoms. The van der Waals surface area contributed by atoms with Crippen LogP contribution >= 0.6 is 0 Å². The Morgan fingerprint density at radius 2 is 2.11 bits per heavy atom. The number of anilines is 1. The van der Waals surface area contributed by atoms with Gasteiger partial charge in [0.25, 0.3) is 0 Å². The van der Waals surface area contributed by atoms with Crippen LogP contribution in [0.4, 0.5) is 5.69 Å². The summed E-state index contributed by atoms with van der Waals surface area (Å²) in [6.45, 7) is 3.73. The van der Waals surface area contributed by atoms with Crippen LogP contribution in [0, 0.1) is 0 Å². The Balaban J connectivity index is 2.25. The Kier molecular flexibility index (Phi) is 3.30. The van der Waals surface area contributed by atoms with Gasteiger partial charge in [0.05, 0.1) is 29.3 Å². The first-order chi connectivity index (χ1) is 8.40. The second-order valence-corrected chi connectivity index (χ2v) is 7.28. The van der Waals surface area contributed by atoms with E-state index in [0.717, 1.165) is 10.9 Å². The second kappa shape index (κ2) is 4.61. The molecule has 0 saturated heterocycles. The van der Waals surface area contributed by atoms with Crippen LogP contribution in [0.5, 0.6) is 0 Å². The van der Waals surface area contributed by atoms with Gasteiger partial charge in [-0.05, 0) is 32.0 Å². The standard InChI is InChI=1S/C12H17N3O2S/c1-9(2)18(16,17)6-5-15-12-7-11(13)4-3-10(12)8-14-15/h3-4,7-9H,5-6,13H2,1-2H3. The number of fused-ring (bicyclic) bond motifs is 1. The third kappa shape index (κ3) is 2.48. The summed E-state index contributed by atoms with van der Waals surface area (Å²) in [5.41, 5.74) is 7.24. The number of nitrogens with two attached hydrogens (primary N) is 1. The molecule has 2 N–H and O–H groups in total. The number of hydrogen-bond acceptors (Lipinski definition) is 4. The van der Waals surface area contributed by atoms with Crippen molar-refractivity contribution < 1.29 is 8.42 Å². The Morgan fingerprint density at radius 3 is 2.78 bits per heavy atom. The van der Waals surface area contributed by atoms with Gasteiger partial charge >= 0.3 is 0 Å². The SMILES string of the molecule is CC(C)S(=O)(=O)CCn1ncc2ccc(N)cc21. The van der Waals surface area contributed by atoms with Gasteiger partial charge < -0.3 is 5.73 Å². The lowest BCUT2D eigenvalue weighted by Gasteiger charge is -2.08. The van der Waals surface area contributed by atoms with E-state index in [1.807, 2.05) is 12.1 Å². The summed E-state index contributed by atoms with van der Waals surface area (Å²) >= 11 is 0. The summed E-state index contributed by atoms with van der Waals surface area (Å²) in [6, 6.07) is 5.49. The zero-order valence-electron chi connectivity index (χ0n) is 10.5. The molecule has 0 aliphatic rings. The van der Waals surface area contributed by atoms with E-state index < -0.39 is 9.84 Å². The van der Waals surface area contributed by atoms with Crippen molar-refractivity contribution in [3.63, 3.8) is 0 Å².